The number of aliphatic carboxylic acids is 1. The number of ether oxygens (including phenoxy) is 3. The first-order valence-corrected chi connectivity index (χ1v) is 28.0. The number of hydrogen-bond donors (Lipinski definition) is 1. The van der Waals surface area contributed by atoms with Crippen molar-refractivity contribution in [2.24, 2.45) is 5.92 Å². The van der Waals surface area contributed by atoms with E-state index in [1.165, 1.54) is 103 Å². The first-order valence-electron chi connectivity index (χ1n) is 28.0. The summed E-state index contributed by atoms with van der Waals surface area (Å²) in [5.41, 5.74) is 0. The lowest BCUT2D eigenvalue weighted by atomic mass is 9.96. The summed E-state index contributed by atoms with van der Waals surface area (Å²) in [5, 5.41) is 9.39. The van der Waals surface area contributed by atoms with E-state index in [0.717, 1.165) is 141 Å². The van der Waals surface area contributed by atoms with Gasteiger partial charge in [0.1, 0.15) is 13.2 Å². The van der Waals surface area contributed by atoms with E-state index in [4.69, 9.17) is 14.2 Å². The lowest BCUT2D eigenvalue weighted by molar-refractivity contribution is -0.167. The molecule has 0 radical (unpaired) electrons. The average Bonchev–Trinajstić information content (AvgIpc) is 3.30. The highest BCUT2D eigenvalue weighted by Crippen LogP contribution is 2.18. The molecule has 66 heavy (non-hydrogen) atoms. The van der Waals surface area contributed by atoms with Crippen LogP contribution in [-0.2, 0) is 33.4 Å². The summed E-state index contributed by atoms with van der Waals surface area (Å²) in [7, 11) is 0. The summed E-state index contributed by atoms with van der Waals surface area (Å²) < 4.78 is 16.8. The van der Waals surface area contributed by atoms with Gasteiger partial charge in [0.15, 0.2) is 6.10 Å². The molecule has 2 atom stereocenters. The molecule has 0 aromatic heterocycles. The van der Waals surface area contributed by atoms with E-state index in [-0.39, 0.29) is 37.0 Å². The summed E-state index contributed by atoms with van der Waals surface area (Å²) in [5.74, 6) is -1.85. The van der Waals surface area contributed by atoms with Crippen LogP contribution in [0.3, 0.4) is 0 Å². The normalized spacial score (nSPS) is 12.7. The Morgan fingerprint density at radius 3 is 1.00 bits per heavy atom. The number of esters is 3. The third kappa shape index (κ3) is 47.6. The van der Waals surface area contributed by atoms with Gasteiger partial charge in [-0.1, -0.05) is 192 Å². The minimum atomic E-state index is -0.810. The molecule has 0 aliphatic heterocycles. The maximum absolute atomic E-state index is 12.8. The molecule has 1 N–H and O–H groups in total. The third-order valence-electron chi connectivity index (χ3n) is 12.5. The standard InChI is InChI=1S/C58H104O8/c1-4-7-10-12-14-16-18-20-22-24-26-31-35-39-43-48-55(59)64-51-54(66-57(61)50-45-41-37-33-27-25-23-21-19-17-15-13-11-8-5-2)52-65-56(60)49-44-40-36-32-29-28-30-34-38-42-47-53(58(62)63)46-9-6-3/h20-23,30,34,53-54H,4-19,24-29,31-33,35-52H2,1-3H3,(H,62,63)/b22-20-,23-21-,34-30-. The van der Waals surface area contributed by atoms with Crippen LogP contribution >= 0.6 is 0 Å². The van der Waals surface area contributed by atoms with Crippen LogP contribution in [0.4, 0.5) is 0 Å². The Kier molecular flexibility index (Phi) is 49.2. The highest BCUT2D eigenvalue weighted by atomic mass is 16.6. The molecule has 2 unspecified atom stereocenters. The molecule has 0 aromatic rings. The lowest BCUT2D eigenvalue weighted by Crippen LogP contribution is -2.30. The van der Waals surface area contributed by atoms with Crippen molar-refractivity contribution in [3.05, 3.63) is 36.5 Å². The van der Waals surface area contributed by atoms with Crippen molar-refractivity contribution in [3.8, 4) is 0 Å². The third-order valence-corrected chi connectivity index (χ3v) is 12.5. The number of carboxylic acid groups (broad SMARTS) is 1. The van der Waals surface area contributed by atoms with Crippen LogP contribution in [0.25, 0.3) is 0 Å². The van der Waals surface area contributed by atoms with Gasteiger partial charge in [-0.2, -0.15) is 0 Å². The van der Waals surface area contributed by atoms with Crippen LogP contribution in [-0.4, -0.2) is 48.3 Å². The Morgan fingerprint density at radius 1 is 0.364 bits per heavy atom. The minimum Gasteiger partial charge on any atom is -0.481 e. The molecule has 0 saturated carbocycles. The zero-order chi connectivity index (χ0) is 48.2. The molecule has 0 heterocycles. The van der Waals surface area contributed by atoms with Gasteiger partial charge in [-0.05, 0) is 109 Å². The molecule has 0 saturated heterocycles. The van der Waals surface area contributed by atoms with Crippen LogP contribution in [0.1, 0.15) is 284 Å². The summed E-state index contributed by atoms with van der Waals surface area (Å²) >= 11 is 0. The second-order valence-electron chi connectivity index (χ2n) is 19.0. The molecule has 384 valence electrons. The number of unbranched alkanes of at least 4 members (excludes halogenated alkanes) is 29. The monoisotopic (exact) mass is 929 g/mol. The van der Waals surface area contributed by atoms with Crippen molar-refractivity contribution < 1.29 is 38.5 Å². The van der Waals surface area contributed by atoms with Gasteiger partial charge in [-0.25, -0.2) is 0 Å². The van der Waals surface area contributed by atoms with E-state index in [0.29, 0.717) is 19.3 Å². The smallest absolute Gasteiger partial charge is 0.306 e. The first-order chi connectivity index (χ1) is 32.3. The van der Waals surface area contributed by atoms with Gasteiger partial charge >= 0.3 is 23.9 Å². The highest BCUT2D eigenvalue weighted by Gasteiger charge is 2.20. The van der Waals surface area contributed by atoms with E-state index < -0.39 is 12.1 Å². The fourth-order valence-electron chi connectivity index (χ4n) is 8.18. The molecule has 0 aliphatic rings. The van der Waals surface area contributed by atoms with Crippen LogP contribution in [0.5, 0.6) is 0 Å². The number of rotatable bonds is 51. The molecule has 0 spiro atoms. The zero-order valence-electron chi connectivity index (χ0n) is 43.3. The summed E-state index contributed by atoms with van der Waals surface area (Å²) in [6.07, 6.45) is 56.1. The van der Waals surface area contributed by atoms with Gasteiger partial charge in [0.05, 0.1) is 5.92 Å². The summed E-state index contributed by atoms with van der Waals surface area (Å²) in [6.45, 7) is 6.39. The molecule has 0 fully saturated rings. The molecular weight excluding hydrogens is 825 g/mol. The topological polar surface area (TPSA) is 116 Å². The molecule has 0 amide bonds. The largest absolute Gasteiger partial charge is 0.481 e. The lowest BCUT2D eigenvalue weighted by Gasteiger charge is -2.18. The Hall–Kier alpha value is -2.90. The predicted molar refractivity (Wildman–Crippen MR) is 277 cm³/mol. The van der Waals surface area contributed by atoms with Crippen LogP contribution in [0.15, 0.2) is 36.5 Å². The van der Waals surface area contributed by atoms with E-state index >= 15 is 0 Å². The number of hydrogen-bond acceptors (Lipinski definition) is 7. The van der Waals surface area contributed by atoms with Crippen molar-refractivity contribution in [1.82, 2.24) is 0 Å². The second-order valence-corrected chi connectivity index (χ2v) is 19.0. The summed E-state index contributed by atoms with van der Waals surface area (Å²) in [4.78, 5) is 49.5. The van der Waals surface area contributed by atoms with Gasteiger partial charge in [-0.3, -0.25) is 19.2 Å². The Balaban J connectivity index is 4.46. The van der Waals surface area contributed by atoms with Crippen molar-refractivity contribution in [1.29, 1.82) is 0 Å². The minimum absolute atomic E-state index is 0.106. The van der Waals surface area contributed by atoms with Gasteiger partial charge in [0, 0.05) is 19.3 Å². The van der Waals surface area contributed by atoms with Crippen molar-refractivity contribution in [2.45, 2.75) is 290 Å². The molecular formula is C58H104O8. The SMILES string of the molecule is CCCCCCCC/C=C\CCCCCCCC(=O)OCC(COC(=O)CCCCCCC/C=C\CCCC(CCCC)C(=O)O)OC(=O)CCCCCCC/C=C\CCCCCCCC. The average molecular weight is 929 g/mol. The fourth-order valence-corrected chi connectivity index (χ4v) is 8.18. The number of carbonyl (C=O) groups is 4. The van der Waals surface area contributed by atoms with E-state index in [1.807, 2.05) is 0 Å². The molecule has 0 aliphatic carbocycles. The number of carbonyl (C=O) groups excluding carboxylic acids is 3. The fraction of sp³-hybridized carbons (Fsp3) is 0.828. The van der Waals surface area contributed by atoms with Crippen molar-refractivity contribution in [2.75, 3.05) is 13.2 Å². The number of carboxylic acids is 1. The second kappa shape index (κ2) is 51.5. The molecule has 8 nitrogen and oxygen atoms in total. The summed E-state index contributed by atoms with van der Waals surface area (Å²) in [6, 6.07) is 0. The van der Waals surface area contributed by atoms with Crippen LogP contribution in [0, 0.1) is 5.92 Å². The van der Waals surface area contributed by atoms with E-state index in [1.54, 1.807) is 0 Å². The molecule has 0 bridgehead atoms. The van der Waals surface area contributed by atoms with Crippen molar-refractivity contribution in [3.63, 3.8) is 0 Å². The Labute approximate surface area is 406 Å². The van der Waals surface area contributed by atoms with Crippen molar-refractivity contribution >= 4 is 23.9 Å². The van der Waals surface area contributed by atoms with Gasteiger partial charge in [0.25, 0.3) is 0 Å². The van der Waals surface area contributed by atoms with Crippen LogP contribution in [0.2, 0.25) is 0 Å². The Morgan fingerprint density at radius 2 is 0.652 bits per heavy atom. The Bertz CT molecular complexity index is 1190. The van der Waals surface area contributed by atoms with Crippen LogP contribution < -0.4 is 0 Å². The van der Waals surface area contributed by atoms with Gasteiger partial charge in [-0.15, -0.1) is 0 Å². The van der Waals surface area contributed by atoms with Gasteiger partial charge in [0.2, 0.25) is 0 Å². The first kappa shape index (κ1) is 63.1. The number of allylic oxidation sites excluding steroid dienone is 6. The zero-order valence-corrected chi connectivity index (χ0v) is 43.3. The molecule has 0 aromatic carbocycles. The molecule has 8 heteroatoms. The maximum Gasteiger partial charge on any atom is 0.306 e. The maximum atomic E-state index is 12.8. The quantitative estimate of drug-likeness (QED) is 0.0277. The van der Waals surface area contributed by atoms with E-state index in [2.05, 4.69) is 57.2 Å². The highest BCUT2D eigenvalue weighted by molar-refractivity contribution is 5.71. The predicted octanol–water partition coefficient (Wildman–Crippen LogP) is 17.4. The van der Waals surface area contributed by atoms with Gasteiger partial charge < -0.3 is 19.3 Å². The molecule has 0 rings (SSSR count). The van der Waals surface area contributed by atoms with E-state index in [9.17, 15) is 24.3 Å².